The summed E-state index contributed by atoms with van der Waals surface area (Å²) < 4.78 is 4.96. The van der Waals surface area contributed by atoms with Gasteiger partial charge >= 0.3 is 0 Å². The molecule has 1 aromatic rings. The van der Waals surface area contributed by atoms with E-state index in [2.05, 4.69) is 24.4 Å². The zero-order chi connectivity index (χ0) is 13.4. The standard InChI is InChI=1S/C15H25NO2/c1-4-13-5-7-14(8-6-13)15(2,17)9-10-16-11-12-18-3/h5-8,16-17H,4,9-12H2,1-3H3. The molecule has 0 amide bonds. The van der Waals surface area contributed by atoms with Crippen molar-refractivity contribution < 1.29 is 9.84 Å². The van der Waals surface area contributed by atoms with Crippen LogP contribution in [0.3, 0.4) is 0 Å². The molecule has 102 valence electrons. The van der Waals surface area contributed by atoms with Crippen molar-refractivity contribution in [2.75, 3.05) is 26.8 Å². The molecule has 3 heteroatoms. The van der Waals surface area contributed by atoms with Gasteiger partial charge in [0.2, 0.25) is 0 Å². The van der Waals surface area contributed by atoms with Gasteiger partial charge in [-0.25, -0.2) is 0 Å². The van der Waals surface area contributed by atoms with Gasteiger partial charge in [-0.1, -0.05) is 31.2 Å². The smallest absolute Gasteiger partial charge is 0.0880 e. The van der Waals surface area contributed by atoms with Crippen LogP contribution in [-0.4, -0.2) is 31.9 Å². The van der Waals surface area contributed by atoms with Gasteiger partial charge in [-0.15, -0.1) is 0 Å². The summed E-state index contributed by atoms with van der Waals surface area (Å²) in [6.07, 6.45) is 1.73. The average molecular weight is 251 g/mol. The van der Waals surface area contributed by atoms with Crippen LogP contribution in [0.2, 0.25) is 0 Å². The SMILES string of the molecule is CCc1ccc(C(C)(O)CCNCCOC)cc1. The molecule has 1 unspecified atom stereocenters. The van der Waals surface area contributed by atoms with E-state index in [-0.39, 0.29) is 0 Å². The maximum atomic E-state index is 10.4. The highest BCUT2D eigenvalue weighted by molar-refractivity contribution is 5.26. The van der Waals surface area contributed by atoms with Crippen LogP contribution in [-0.2, 0) is 16.8 Å². The first-order valence-corrected chi connectivity index (χ1v) is 6.61. The quantitative estimate of drug-likeness (QED) is 0.695. The van der Waals surface area contributed by atoms with E-state index in [1.54, 1.807) is 7.11 Å². The van der Waals surface area contributed by atoms with Crippen molar-refractivity contribution in [3.8, 4) is 0 Å². The van der Waals surface area contributed by atoms with Crippen LogP contribution >= 0.6 is 0 Å². The molecule has 0 fully saturated rings. The first-order chi connectivity index (χ1) is 8.60. The fraction of sp³-hybridized carbons (Fsp3) is 0.600. The van der Waals surface area contributed by atoms with Crippen LogP contribution in [0.5, 0.6) is 0 Å². The van der Waals surface area contributed by atoms with Crippen molar-refractivity contribution in [3.63, 3.8) is 0 Å². The van der Waals surface area contributed by atoms with E-state index in [4.69, 9.17) is 4.74 Å². The van der Waals surface area contributed by atoms with Crippen LogP contribution < -0.4 is 5.32 Å². The van der Waals surface area contributed by atoms with Crippen molar-refractivity contribution in [3.05, 3.63) is 35.4 Å². The van der Waals surface area contributed by atoms with Gasteiger partial charge in [0.05, 0.1) is 12.2 Å². The van der Waals surface area contributed by atoms with E-state index in [1.807, 2.05) is 19.1 Å². The Hall–Kier alpha value is -0.900. The maximum absolute atomic E-state index is 10.4. The first-order valence-electron chi connectivity index (χ1n) is 6.61. The van der Waals surface area contributed by atoms with E-state index in [0.29, 0.717) is 13.0 Å². The summed E-state index contributed by atoms with van der Waals surface area (Å²) in [6, 6.07) is 8.21. The molecular weight excluding hydrogens is 226 g/mol. The Balaban J connectivity index is 2.45. The van der Waals surface area contributed by atoms with Gasteiger partial charge in [0.1, 0.15) is 0 Å². The van der Waals surface area contributed by atoms with Crippen molar-refractivity contribution >= 4 is 0 Å². The second-order valence-corrected chi connectivity index (χ2v) is 4.82. The Morgan fingerprint density at radius 2 is 1.89 bits per heavy atom. The highest BCUT2D eigenvalue weighted by atomic mass is 16.5. The van der Waals surface area contributed by atoms with Crippen LogP contribution in [0, 0.1) is 0 Å². The van der Waals surface area contributed by atoms with Crippen LogP contribution in [0.15, 0.2) is 24.3 Å². The van der Waals surface area contributed by atoms with Crippen molar-refractivity contribution in [1.29, 1.82) is 0 Å². The summed E-state index contributed by atoms with van der Waals surface area (Å²) in [6.45, 7) is 6.30. The molecule has 2 N–H and O–H groups in total. The van der Waals surface area contributed by atoms with Crippen molar-refractivity contribution in [1.82, 2.24) is 5.32 Å². The van der Waals surface area contributed by atoms with Gasteiger partial charge in [-0.2, -0.15) is 0 Å². The molecule has 0 aromatic heterocycles. The number of aryl methyl sites for hydroxylation is 1. The lowest BCUT2D eigenvalue weighted by atomic mass is 9.91. The zero-order valence-electron chi connectivity index (χ0n) is 11.7. The molecule has 1 atom stereocenters. The van der Waals surface area contributed by atoms with Crippen molar-refractivity contribution in [2.45, 2.75) is 32.3 Å². The van der Waals surface area contributed by atoms with E-state index in [0.717, 1.165) is 25.1 Å². The maximum Gasteiger partial charge on any atom is 0.0880 e. The molecule has 18 heavy (non-hydrogen) atoms. The molecule has 0 aliphatic rings. The molecule has 0 saturated heterocycles. The molecule has 0 aliphatic carbocycles. The zero-order valence-corrected chi connectivity index (χ0v) is 11.7. The lowest BCUT2D eigenvalue weighted by molar-refractivity contribution is 0.0475. The minimum absolute atomic E-state index is 0.697. The third-order valence-corrected chi connectivity index (χ3v) is 3.26. The second-order valence-electron chi connectivity index (χ2n) is 4.82. The monoisotopic (exact) mass is 251 g/mol. The normalized spacial score (nSPS) is 14.4. The van der Waals surface area contributed by atoms with Crippen LogP contribution in [0.1, 0.15) is 31.4 Å². The summed E-state index contributed by atoms with van der Waals surface area (Å²) in [4.78, 5) is 0. The third kappa shape index (κ3) is 4.77. The van der Waals surface area contributed by atoms with E-state index < -0.39 is 5.60 Å². The van der Waals surface area contributed by atoms with Gasteiger partial charge < -0.3 is 15.2 Å². The van der Waals surface area contributed by atoms with Crippen LogP contribution in [0.25, 0.3) is 0 Å². The minimum atomic E-state index is -0.771. The second kappa shape index (κ2) is 7.52. The molecule has 0 radical (unpaired) electrons. The summed E-state index contributed by atoms with van der Waals surface area (Å²) in [5.41, 5.74) is 1.51. The number of benzene rings is 1. The minimum Gasteiger partial charge on any atom is -0.385 e. The third-order valence-electron chi connectivity index (χ3n) is 3.26. The number of rotatable bonds is 8. The topological polar surface area (TPSA) is 41.5 Å². The molecule has 0 heterocycles. The molecule has 0 spiro atoms. The fourth-order valence-corrected chi connectivity index (χ4v) is 1.87. The summed E-state index contributed by atoms with van der Waals surface area (Å²) in [5, 5.41) is 13.7. The predicted octanol–water partition coefficient (Wildman–Crippen LogP) is 2.08. The molecular formula is C15H25NO2. The largest absolute Gasteiger partial charge is 0.385 e. The van der Waals surface area contributed by atoms with Gasteiger partial charge in [0.25, 0.3) is 0 Å². The first kappa shape index (κ1) is 15.2. The molecule has 3 nitrogen and oxygen atoms in total. The molecule has 1 aromatic carbocycles. The van der Waals surface area contributed by atoms with E-state index >= 15 is 0 Å². The van der Waals surface area contributed by atoms with E-state index in [1.165, 1.54) is 5.56 Å². The fourth-order valence-electron chi connectivity index (χ4n) is 1.87. The lowest BCUT2D eigenvalue weighted by Gasteiger charge is -2.24. The highest BCUT2D eigenvalue weighted by Crippen LogP contribution is 2.24. The summed E-state index contributed by atoms with van der Waals surface area (Å²) in [7, 11) is 1.69. The number of nitrogens with one attached hydrogen (secondary N) is 1. The highest BCUT2D eigenvalue weighted by Gasteiger charge is 2.21. The predicted molar refractivity (Wildman–Crippen MR) is 74.8 cm³/mol. The molecule has 0 bridgehead atoms. The Morgan fingerprint density at radius 3 is 2.44 bits per heavy atom. The van der Waals surface area contributed by atoms with Gasteiger partial charge in [0.15, 0.2) is 0 Å². The van der Waals surface area contributed by atoms with Gasteiger partial charge in [-0.3, -0.25) is 0 Å². The Morgan fingerprint density at radius 1 is 1.22 bits per heavy atom. The number of ether oxygens (including phenoxy) is 1. The molecule has 1 rings (SSSR count). The van der Waals surface area contributed by atoms with E-state index in [9.17, 15) is 5.11 Å². The van der Waals surface area contributed by atoms with Gasteiger partial charge in [0, 0.05) is 13.7 Å². The van der Waals surface area contributed by atoms with Crippen molar-refractivity contribution in [2.24, 2.45) is 0 Å². The molecule has 0 saturated carbocycles. The molecule has 0 aliphatic heterocycles. The number of hydrogen-bond donors (Lipinski definition) is 2. The Labute approximate surface area is 110 Å². The number of methoxy groups -OCH3 is 1. The summed E-state index contributed by atoms with van der Waals surface area (Å²) >= 11 is 0. The lowest BCUT2D eigenvalue weighted by Crippen LogP contribution is -2.29. The number of hydrogen-bond acceptors (Lipinski definition) is 3. The number of aliphatic hydroxyl groups is 1. The van der Waals surface area contributed by atoms with Gasteiger partial charge in [-0.05, 0) is 37.4 Å². The van der Waals surface area contributed by atoms with Crippen LogP contribution in [0.4, 0.5) is 0 Å². The Bertz CT molecular complexity index is 333. The average Bonchev–Trinajstić information content (AvgIpc) is 2.38. The Kier molecular flexibility index (Phi) is 6.33. The summed E-state index contributed by atoms with van der Waals surface area (Å²) in [5.74, 6) is 0.